The molecule has 1 N–H and O–H groups in total. The minimum Gasteiger partial charge on any atom is -0.496 e. The molecule has 0 spiro atoms. The van der Waals surface area contributed by atoms with Crippen LogP contribution < -0.4 is 10.1 Å². The number of ether oxygens (including phenoxy) is 2. The molecule has 3 aromatic rings. The van der Waals surface area contributed by atoms with Crippen molar-refractivity contribution >= 4 is 5.97 Å². The van der Waals surface area contributed by atoms with Gasteiger partial charge in [-0.3, -0.25) is 0 Å². The van der Waals surface area contributed by atoms with E-state index < -0.39 is 0 Å². The SMILES string of the molecule is CCOC(=O)C[N+]12CCC(CC1)[C@H](NCc1ccccc1OC)[C@@H]2C(c1ccccc1)c1ccccc1. The Kier molecular flexibility index (Phi) is 7.92. The number of piperidine rings is 3. The zero-order chi connectivity index (χ0) is 25.7. The minimum atomic E-state index is -0.0869. The molecule has 0 saturated carbocycles. The maximum Gasteiger partial charge on any atom is 0.361 e. The summed E-state index contributed by atoms with van der Waals surface area (Å²) < 4.78 is 12.0. The normalized spacial score (nSPS) is 24.7. The van der Waals surface area contributed by atoms with Crippen molar-refractivity contribution < 1.29 is 18.8 Å². The predicted molar refractivity (Wildman–Crippen MR) is 146 cm³/mol. The number of esters is 1. The molecule has 3 heterocycles. The second-order valence-corrected chi connectivity index (χ2v) is 10.5. The molecule has 3 aromatic carbocycles. The van der Waals surface area contributed by atoms with Gasteiger partial charge in [-0.05, 0) is 30.0 Å². The van der Waals surface area contributed by atoms with E-state index in [9.17, 15) is 4.79 Å². The van der Waals surface area contributed by atoms with E-state index in [0.29, 0.717) is 19.1 Å². The monoisotopic (exact) mass is 499 g/mol. The van der Waals surface area contributed by atoms with Crippen molar-refractivity contribution in [3.63, 3.8) is 0 Å². The van der Waals surface area contributed by atoms with E-state index in [1.807, 2.05) is 19.1 Å². The lowest BCUT2D eigenvalue weighted by atomic mass is 9.68. The summed E-state index contributed by atoms with van der Waals surface area (Å²) in [5.41, 5.74) is 3.77. The van der Waals surface area contributed by atoms with Crippen LogP contribution in [-0.2, 0) is 16.1 Å². The molecule has 37 heavy (non-hydrogen) atoms. The number of carbonyl (C=O) groups excluding carboxylic acids is 1. The number of methoxy groups -OCH3 is 1. The molecule has 5 heteroatoms. The lowest BCUT2D eigenvalue weighted by Gasteiger charge is -2.59. The summed E-state index contributed by atoms with van der Waals surface area (Å²) in [6.07, 6.45) is 2.24. The maximum atomic E-state index is 13.0. The Morgan fingerprint density at radius 3 is 2.11 bits per heavy atom. The fourth-order valence-electron chi connectivity index (χ4n) is 6.90. The quantitative estimate of drug-likeness (QED) is 0.309. The number of rotatable bonds is 10. The van der Waals surface area contributed by atoms with Crippen molar-refractivity contribution in [3.8, 4) is 5.75 Å². The van der Waals surface area contributed by atoms with Crippen LogP contribution in [0.25, 0.3) is 0 Å². The topological polar surface area (TPSA) is 47.6 Å². The number of para-hydroxylation sites is 1. The van der Waals surface area contributed by atoms with Crippen LogP contribution in [0, 0.1) is 5.92 Å². The molecule has 2 atom stereocenters. The van der Waals surface area contributed by atoms with Crippen LogP contribution in [-0.4, -0.2) is 55.9 Å². The van der Waals surface area contributed by atoms with Crippen molar-refractivity contribution in [1.82, 2.24) is 5.32 Å². The zero-order valence-electron chi connectivity index (χ0n) is 22.0. The van der Waals surface area contributed by atoms with E-state index in [0.717, 1.165) is 48.3 Å². The number of benzene rings is 3. The van der Waals surface area contributed by atoms with Crippen LogP contribution in [0.2, 0.25) is 0 Å². The third kappa shape index (κ3) is 5.29. The van der Waals surface area contributed by atoms with Gasteiger partial charge in [-0.25, -0.2) is 4.79 Å². The van der Waals surface area contributed by atoms with E-state index >= 15 is 0 Å². The Morgan fingerprint density at radius 2 is 1.51 bits per heavy atom. The molecule has 5 nitrogen and oxygen atoms in total. The van der Waals surface area contributed by atoms with Crippen LogP contribution in [0.4, 0.5) is 0 Å². The van der Waals surface area contributed by atoms with Crippen molar-refractivity contribution in [3.05, 3.63) is 102 Å². The van der Waals surface area contributed by atoms with Gasteiger partial charge in [0.1, 0.15) is 11.8 Å². The van der Waals surface area contributed by atoms with Gasteiger partial charge in [0.25, 0.3) is 0 Å². The summed E-state index contributed by atoms with van der Waals surface area (Å²) in [5.74, 6) is 1.55. The van der Waals surface area contributed by atoms with Crippen molar-refractivity contribution in [2.45, 2.75) is 44.3 Å². The highest BCUT2D eigenvalue weighted by Crippen LogP contribution is 2.46. The lowest BCUT2D eigenvalue weighted by molar-refractivity contribution is -0.962. The van der Waals surface area contributed by atoms with Crippen LogP contribution >= 0.6 is 0 Å². The van der Waals surface area contributed by atoms with Crippen LogP contribution in [0.15, 0.2) is 84.9 Å². The number of fused-ring (bicyclic) bond motifs is 3. The average Bonchev–Trinajstić information content (AvgIpc) is 2.94. The Balaban J connectivity index is 1.58. The molecule has 6 rings (SSSR count). The summed E-state index contributed by atoms with van der Waals surface area (Å²) in [7, 11) is 1.73. The van der Waals surface area contributed by atoms with Gasteiger partial charge in [0.05, 0.1) is 38.8 Å². The number of quaternary nitrogens is 1. The minimum absolute atomic E-state index is 0.0869. The van der Waals surface area contributed by atoms with Gasteiger partial charge < -0.3 is 19.3 Å². The van der Waals surface area contributed by atoms with Gasteiger partial charge in [-0.1, -0.05) is 78.9 Å². The summed E-state index contributed by atoms with van der Waals surface area (Å²) in [4.78, 5) is 13.0. The fourth-order valence-corrected chi connectivity index (χ4v) is 6.90. The molecule has 0 aliphatic carbocycles. The standard InChI is InChI=1S/C32H39N2O3/c1-3-37-29(35)23-34-20-18-26(19-21-34)31(33-22-27-16-10-11-17-28(27)36-2)32(34)30(24-12-6-4-7-13-24)25-14-8-5-9-15-25/h4-17,26,30-33H,3,18-23H2,1-2H3/q+1/t26?,31-,32-,34?/m0/s1. The fraction of sp³-hybridized carbons (Fsp3) is 0.406. The molecule has 3 aliphatic heterocycles. The number of hydrogen-bond acceptors (Lipinski definition) is 4. The number of hydrogen-bond donors (Lipinski definition) is 1. The Labute approximate surface area is 221 Å². The van der Waals surface area contributed by atoms with E-state index in [1.165, 1.54) is 11.1 Å². The Hall–Kier alpha value is -3.15. The average molecular weight is 500 g/mol. The number of carbonyl (C=O) groups is 1. The molecule has 0 aromatic heterocycles. The third-order valence-electron chi connectivity index (χ3n) is 8.53. The summed E-state index contributed by atoms with van der Waals surface area (Å²) in [5, 5.41) is 4.00. The van der Waals surface area contributed by atoms with Crippen molar-refractivity contribution in [1.29, 1.82) is 0 Å². The molecular formula is C32H39N2O3+. The third-order valence-corrected chi connectivity index (χ3v) is 8.53. The van der Waals surface area contributed by atoms with Gasteiger partial charge >= 0.3 is 5.97 Å². The second kappa shape index (κ2) is 11.5. The van der Waals surface area contributed by atoms with Gasteiger partial charge in [0.15, 0.2) is 6.54 Å². The molecular weight excluding hydrogens is 460 g/mol. The number of nitrogens with zero attached hydrogens (tertiary/aromatic N) is 1. The van der Waals surface area contributed by atoms with E-state index in [4.69, 9.17) is 9.47 Å². The number of nitrogens with one attached hydrogen (secondary N) is 1. The molecule has 3 saturated heterocycles. The first-order chi connectivity index (χ1) is 18.1. The first-order valence-electron chi connectivity index (χ1n) is 13.6. The molecule has 3 aliphatic rings. The highest BCUT2D eigenvalue weighted by atomic mass is 16.5. The molecule has 0 unspecified atom stereocenters. The highest BCUT2D eigenvalue weighted by molar-refractivity contribution is 5.70. The highest BCUT2D eigenvalue weighted by Gasteiger charge is 2.57. The van der Waals surface area contributed by atoms with E-state index in [-0.39, 0.29) is 24.0 Å². The molecule has 194 valence electrons. The Bertz CT molecular complexity index is 1120. The molecule has 3 fully saturated rings. The summed E-state index contributed by atoms with van der Waals surface area (Å²) in [6, 6.07) is 30.4. The predicted octanol–water partition coefficient (Wildman–Crippen LogP) is 5.16. The maximum absolute atomic E-state index is 13.0. The van der Waals surface area contributed by atoms with Crippen molar-refractivity contribution in [2.24, 2.45) is 5.92 Å². The Morgan fingerprint density at radius 1 is 0.919 bits per heavy atom. The van der Waals surface area contributed by atoms with Crippen molar-refractivity contribution in [2.75, 3.05) is 33.4 Å². The summed E-state index contributed by atoms with van der Waals surface area (Å²) in [6.45, 7) is 5.49. The van der Waals surface area contributed by atoms with Crippen LogP contribution in [0.3, 0.4) is 0 Å². The van der Waals surface area contributed by atoms with Crippen LogP contribution in [0.1, 0.15) is 42.4 Å². The first-order valence-corrected chi connectivity index (χ1v) is 13.6. The second-order valence-electron chi connectivity index (χ2n) is 10.5. The summed E-state index contributed by atoms with van der Waals surface area (Å²) >= 11 is 0. The van der Waals surface area contributed by atoms with Gasteiger partial charge in [0, 0.05) is 24.9 Å². The van der Waals surface area contributed by atoms with E-state index in [2.05, 4.69) is 78.1 Å². The van der Waals surface area contributed by atoms with Gasteiger partial charge in [-0.15, -0.1) is 0 Å². The smallest absolute Gasteiger partial charge is 0.361 e. The molecule has 2 bridgehead atoms. The van der Waals surface area contributed by atoms with Gasteiger partial charge in [-0.2, -0.15) is 0 Å². The largest absolute Gasteiger partial charge is 0.496 e. The van der Waals surface area contributed by atoms with Gasteiger partial charge in [0.2, 0.25) is 0 Å². The van der Waals surface area contributed by atoms with Crippen LogP contribution in [0.5, 0.6) is 5.75 Å². The first kappa shape index (κ1) is 25.5. The van der Waals surface area contributed by atoms with E-state index in [1.54, 1.807) is 7.11 Å². The molecule has 0 radical (unpaired) electrons. The lowest BCUT2D eigenvalue weighted by Crippen LogP contribution is -2.75. The zero-order valence-corrected chi connectivity index (χ0v) is 22.0. The molecule has 0 amide bonds.